The molecule has 7 rings (SSSR count). The molecule has 1 aromatic rings. The van der Waals surface area contributed by atoms with Gasteiger partial charge in [0.05, 0.1) is 11.7 Å². The van der Waals surface area contributed by atoms with Crippen LogP contribution < -0.4 is 0 Å². The first-order chi connectivity index (χ1) is 24.8. The Kier molecular flexibility index (Phi) is 10.7. The second kappa shape index (κ2) is 14.7. The van der Waals surface area contributed by atoms with Gasteiger partial charge in [0.1, 0.15) is 12.7 Å². The molecule has 6 aliphatic rings. The topological polar surface area (TPSA) is 93.1 Å². The SMILES string of the molecule is CC(=O)O[C@@H]1C[C@@]2(C)C=C[C@H](CC[C@H](C)CCCc3ccccc3)[C@@]3([C@@H](O)CC[C@@](C)(C4CCC5(CCCC5)CC4)[C@@H]13)[C@@]2(O)CCC1=CC(=O)OC1. The number of aryl methyl sites for hydroxylation is 1. The molecule has 1 aromatic carbocycles. The van der Waals surface area contributed by atoms with E-state index in [0.29, 0.717) is 42.9 Å². The minimum atomic E-state index is -1.27. The first-order valence-electron chi connectivity index (χ1n) is 21.0. The van der Waals surface area contributed by atoms with Crippen molar-refractivity contribution in [3.05, 3.63) is 59.7 Å². The summed E-state index contributed by atoms with van der Waals surface area (Å²) < 4.78 is 11.8. The van der Waals surface area contributed by atoms with Gasteiger partial charge < -0.3 is 19.7 Å². The van der Waals surface area contributed by atoms with Gasteiger partial charge in [0.2, 0.25) is 0 Å². The fourth-order valence-corrected chi connectivity index (χ4v) is 13.5. The number of esters is 2. The number of fused-ring (bicyclic) bond motifs is 1. The van der Waals surface area contributed by atoms with E-state index in [1.165, 1.54) is 63.9 Å². The number of aliphatic hydroxyl groups excluding tert-OH is 1. The van der Waals surface area contributed by atoms with E-state index in [1.807, 2.05) is 0 Å². The van der Waals surface area contributed by atoms with Gasteiger partial charge in [0.25, 0.3) is 0 Å². The van der Waals surface area contributed by atoms with E-state index in [4.69, 9.17) is 9.47 Å². The first-order valence-corrected chi connectivity index (χ1v) is 21.0. The molecule has 2 bridgehead atoms. The predicted molar refractivity (Wildman–Crippen MR) is 204 cm³/mol. The Morgan fingerprint density at radius 2 is 1.73 bits per heavy atom. The fourth-order valence-electron chi connectivity index (χ4n) is 13.5. The highest BCUT2D eigenvalue weighted by molar-refractivity contribution is 5.85. The number of aliphatic hydroxyl groups is 2. The highest BCUT2D eigenvalue weighted by atomic mass is 16.5. The number of carbonyl (C=O) groups is 2. The Hall–Kier alpha value is -2.44. The van der Waals surface area contributed by atoms with E-state index in [0.717, 1.165) is 44.1 Å². The second-order valence-corrected chi connectivity index (χ2v) is 19.0. The summed E-state index contributed by atoms with van der Waals surface area (Å²) in [5, 5.41) is 26.7. The van der Waals surface area contributed by atoms with E-state index in [1.54, 1.807) is 6.08 Å². The van der Waals surface area contributed by atoms with Gasteiger partial charge in [-0.3, -0.25) is 4.79 Å². The molecule has 4 fully saturated rings. The quantitative estimate of drug-likeness (QED) is 0.166. The Morgan fingerprint density at radius 1 is 1.00 bits per heavy atom. The van der Waals surface area contributed by atoms with Gasteiger partial charge in [-0.2, -0.15) is 0 Å². The average molecular weight is 715 g/mol. The molecule has 6 nitrogen and oxygen atoms in total. The number of ether oxygens (including phenoxy) is 2. The van der Waals surface area contributed by atoms with Crippen LogP contribution >= 0.6 is 0 Å². The molecule has 0 unspecified atom stereocenters. The van der Waals surface area contributed by atoms with Crippen molar-refractivity contribution in [2.45, 2.75) is 161 Å². The van der Waals surface area contributed by atoms with Crippen molar-refractivity contribution in [3.63, 3.8) is 0 Å². The first kappa shape index (κ1) is 37.9. The number of hydrogen-bond donors (Lipinski definition) is 2. The molecule has 286 valence electrons. The molecule has 6 heteroatoms. The van der Waals surface area contributed by atoms with Crippen LogP contribution in [0.5, 0.6) is 0 Å². The van der Waals surface area contributed by atoms with Crippen molar-refractivity contribution in [2.24, 2.45) is 45.3 Å². The van der Waals surface area contributed by atoms with Crippen molar-refractivity contribution in [2.75, 3.05) is 6.61 Å². The molecule has 0 amide bonds. The van der Waals surface area contributed by atoms with Crippen LogP contribution in [0.1, 0.15) is 142 Å². The monoisotopic (exact) mass is 714 g/mol. The Bertz CT molecular complexity index is 1500. The Morgan fingerprint density at radius 3 is 2.40 bits per heavy atom. The maximum absolute atomic E-state index is 13.8. The van der Waals surface area contributed by atoms with Crippen LogP contribution in [0.3, 0.4) is 0 Å². The average Bonchev–Trinajstić information content (AvgIpc) is 3.75. The molecule has 5 aliphatic carbocycles. The maximum Gasteiger partial charge on any atom is 0.331 e. The molecule has 2 spiro atoms. The van der Waals surface area contributed by atoms with Crippen LogP contribution in [0, 0.1) is 45.3 Å². The Balaban J connectivity index is 1.25. The summed E-state index contributed by atoms with van der Waals surface area (Å²) in [6, 6.07) is 10.7. The van der Waals surface area contributed by atoms with Gasteiger partial charge in [-0.15, -0.1) is 0 Å². The van der Waals surface area contributed by atoms with Gasteiger partial charge in [-0.05, 0) is 130 Å². The number of benzene rings is 1. The Labute approximate surface area is 313 Å². The summed E-state index contributed by atoms with van der Waals surface area (Å²) in [5.74, 6) is 0.104. The summed E-state index contributed by atoms with van der Waals surface area (Å²) in [5.41, 5.74) is -0.308. The van der Waals surface area contributed by atoms with Gasteiger partial charge in [-0.25, -0.2) is 4.79 Å². The van der Waals surface area contributed by atoms with Crippen LogP contribution in [0.25, 0.3) is 0 Å². The van der Waals surface area contributed by atoms with Crippen molar-refractivity contribution in [1.82, 2.24) is 0 Å². The highest BCUT2D eigenvalue weighted by Gasteiger charge is 2.78. The third-order valence-electron chi connectivity index (χ3n) is 16.2. The van der Waals surface area contributed by atoms with E-state index in [-0.39, 0.29) is 35.8 Å². The second-order valence-electron chi connectivity index (χ2n) is 19.0. The number of rotatable bonds is 12. The molecular weight excluding hydrogens is 649 g/mol. The molecule has 9 atom stereocenters. The van der Waals surface area contributed by atoms with Crippen molar-refractivity contribution < 1.29 is 29.3 Å². The lowest BCUT2D eigenvalue weighted by atomic mass is 9.32. The van der Waals surface area contributed by atoms with Crippen molar-refractivity contribution >= 4 is 11.9 Å². The zero-order valence-corrected chi connectivity index (χ0v) is 32.5. The lowest BCUT2D eigenvalue weighted by molar-refractivity contribution is -0.332. The molecule has 2 N–H and O–H groups in total. The predicted octanol–water partition coefficient (Wildman–Crippen LogP) is 9.46. The summed E-state index contributed by atoms with van der Waals surface area (Å²) in [7, 11) is 0. The summed E-state index contributed by atoms with van der Waals surface area (Å²) >= 11 is 0. The molecule has 0 aromatic heterocycles. The summed E-state index contributed by atoms with van der Waals surface area (Å²) in [6.45, 7) is 8.74. The molecule has 4 saturated carbocycles. The maximum atomic E-state index is 13.8. The van der Waals surface area contributed by atoms with Crippen LogP contribution in [-0.4, -0.2) is 46.6 Å². The molecule has 52 heavy (non-hydrogen) atoms. The van der Waals surface area contributed by atoms with Gasteiger partial charge in [0, 0.05) is 29.7 Å². The van der Waals surface area contributed by atoms with Crippen LogP contribution in [0.2, 0.25) is 0 Å². The molecule has 0 radical (unpaired) electrons. The van der Waals surface area contributed by atoms with Crippen molar-refractivity contribution in [1.29, 1.82) is 0 Å². The molecule has 0 saturated heterocycles. The minimum absolute atomic E-state index is 0.0691. The fraction of sp³-hybridized carbons (Fsp3) is 0.739. The zero-order valence-electron chi connectivity index (χ0n) is 32.5. The summed E-state index contributed by atoms with van der Waals surface area (Å²) in [4.78, 5) is 25.1. The smallest absolute Gasteiger partial charge is 0.331 e. The zero-order chi connectivity index (χ0) is 36.8. The van der Waals surface area contributed by atoms with Gasteiger partial charge >= 0.3 is 11.9 Å². The standard InChI is InChI=1S/C46H66O6/c1-32(11-10-14-34-12-6-5-7-13-34)15-16-37-18-24-42(3)30-38(52-33(2)47)41-43(4,36-19-26-44(27-20-36)22-8-9-23-44)25-21-39(48)46(37,41)45(42,50)28-17-35-29-40(49)51-31-35/h5-7,12-13,18,24,29,32,36-39,41,48,50H,8-11,14-17,19-23,25-28,30-31H2,1-4H3/t32-,37+,38-,39+,41-,42-,43+,45-,46+/m1/s1. The number of hydrogen-bond acceptors (Lipinski definition) is 6. The number of allylic oxidation sites excluding steroid dienone is 1. The number of cyclic esters (lactones) is 1. The van der Waals surface area contributed by atoms with Crippen molar-refractivity contribution in [3.8, 4) is 0 Å². The third-order valence-corrected chi connectivity index (χ3v) is 16.2. The van der Waals surface area contributed by atoms with E-state index < -0.39 is 28.6 Å². The summed E-state index contributed by atoms with van der Waals surface area (Å²) in [6.07, 6.45) is 23.6. The largest absolute Gasteiger partial charge is 0.462 e. The van der Waals surface area contributed by atoms with Gasteiger partial charge in [0.15, 0.2) is 0 Å². The highest BCUT2D eigenvalue weighted by Crippen LogP contribution is 2.75. The van der Waals surface area contributed by atoms with Crippen LogP contribution in [0.15, 0.2) is 54.1 Å². The van der Waals surface area contributed by atoms with Crippen LogP contribution in [-0.2, 0) is 25.5 Å². The lowest BCUT2D eigenvalue weighted by Crippen LogP contribution is -2.79. The number of carbonyl (C=O) groups excluding carboxylic acids is 2. The van der Waals surface area contributed by atoms with E-state index in [2.05, 4.69) is 63.3 Å². The molecule has 1 heterocycles. The third kappa shape index (κ3) is 6.54. The normalized spacial score (nSPS) is 38.8. The van der Waals surface area contributed by atoms with Crippen LogP contribution in [0.4, 0.5) is 0 Å². The minimum Gasteiger partial charge on any atom is -0.462 e. The molecule has 1 aliphatic heterocycles. The van der Waals surface area contributed by atoms with E-state index >= 15 is 0 Å². The lowest BCUT2D eigenvalue weighted by Gasteiger charge is -2.74. The van der Waals surface area contributed by atoms with Gasteiger partial charge in [-0.1, -0.05) is 88.9 Å². The van der Waals surface area contributed by atoms with E-state index in [9.17, 15) is 19.8 Å². The molecular formula is C46H66O6.